The molecule has 6 nitrogen and oxygen atoms in total. The summed E-state index contributed by atoms with van der Waals surface area (Å²) in [5.74, 6) is -0.0568. The number of ether oxygens (including phenoxy) is 3. The molecular weight excluding hydrogens is 274 g/mol. The van der Waals surface area contributed by atoms with Gasteiger partial charge in [0.05, 0.1) is 19.3 Å². The maximum absolute atomic E-state index is 11.0. The van der Waals surface area contributed by atoms with Gasteiger partial charge in [0, 0.05) is 25.2 Å². The van der Waals surface area contributed by atoms with Gasteiger partial charge in [0.25, 0.3) is 0 Å². The van der Waals surface area contributed by atoms with Crippen molar-refractivity contribution in [2.45, 2.75) is 12.8 Å². The van der Waals surface area contributed by atoms with Gasteiger partial charge in [-0.1, -0.05) is 0 Å². The number of carboxylic acid groups (broad SMARTS) is 1. The molecule has 0 amide bonds. The van der Waals surface area contributed by atoms with Crippen LogP contribution in [-0.4, -0.2) is 44.6 Å². The highest BCUT2D eigenvalue weighted by molar-refractivity contribution is 5.88. The molecule has 1 fully saturated rings. The Morgan fingerprint density at radius 1 is 1.38 bits per heavy atom. The molecule has 0 aliphatic carbocycles. The van der Waals surface area contributed by atoms with Gasteiger partial charge in [-0.05, 0) is 31.0 Å². The number of carboxylic acids is 1. The zero-order valence-electron chi connectivity index (χ0n) is 12.1. The van der Waals surface area contributed by atoms with Gasteiger partial charge in [-0.3, -0.25) is 0 Å². The Bertz CT molecular complexity index is 497. The Morgan fingerprint density at radius 2 is 2.10 bits per heavy atom. The Labute approximate surface area is 123 Å². The first kappa shape index (κ1) is 15.6. The van der Waals surface area contributed by atoms with E-state index in [2.05, 4.69) is 0 Å². The summed E-state index contributed by atoms with van der Waals surface area (Å²) in [6.45, 7) is 2.38. The smallest absolute Gasteiger partial charge is 0.335 e. The second-order valence-electron chi connectivity index (χ2n) is 5.28. The maximum atomic E-state index is 11.0. The molecule has 1 saturated heterocycles. The molecule has 116 valence electrons. The standard InChI is InChI=1S/C15H21NO5/c1-19-13-8-11(14(17)18)2-3-12(13)21-10-15(9-16)4-6-20-7-5-15/h2-3,8H,4-7,9-10,16H2,1H3,(H,17,18). The molecule has 2 rings (SSSR count). The molecule has 1 aliphatic rings. The van der Waals surface area contributed by atoms with Gasteiger partial charge >= 0.3 is 5.97 Å². The van der Waals surface area contributed by atoms with Gasteiger partial charge in [0.1, 0.15) is 0 Å². The van der Waals surface area contributed by atoms with Crippen LogP contribution >= 0.6 is 0 Å². The van der Waals surface area contributed by atoms with Crippen molar-refractivity contribution in [2.75, 3.05) is 33.5 Å². The van der Waals surface area contributed by atoms with Crippen molar-refractivity contribution in [3.8, 4) is 11.5 Å². The third kappa shape index (κ3) is 3.65. The van der Waals surface area contributed by atoms with Gasteiger partial charge < -0.3 is 25.1 Å². The Morgan fingerprint density at radius 3 is 2.67 bits per heavy atom. The highest BCUT2D eigenvalue weighted by atomic mass is 16.5. The van der Waals surface area contributed by atoms with Crippen LogP contribution in [-0.2, 0) is 4.74 Å². The molecule has 3 N–H and O–H groups in total. The Balaban J connectivity index is 2.10. The van der Waals surface area contributed by atoms with Crippen molar-refractivity contribution in [1.29, 1.82) is 0 Å². The number of methoxy groups -OCH3 is 1. The number of rotatable bonds is 6. The number of hydrogen-bond acceptors (Lipinski definition) is 5. The van der Waals surface area contributed by atoms with Crippen LogP contribution in [0.2, 0.25) is 0 Å². The number of aromatic carboxylic acids is 1. The van der Waals surface area contributed by atoms with Gasteiger partial charge in [0.2, 0.25) is 0 Å². The molecule has 1 heterocycles. The normalized spacial score (nSPS) is 17.2. The maximum Gasteiger partial charge on any atom is 0.335 e. The highest BCUT2D eigenvalue weighted by Crippen LogP contribution is 2.33. The molecule has 0 aromatic heterocycles. The van der Waals surface area contributed by atoms with E-state index in [1.165, 1.54) is 19.2 Å². The first-order valence-electron chi connectivity index (χ1n) is 6.92. The number of carbonyl (C=O) groups is 1. The lowest BCUT2D eigenvalue weighted by Gasteiger charge is -2.35. The first-order valence-corrected chi connectivity index (χ1v) is 6.92. The van der Waals surface area contributed by atoms with Crippen molar-refractivity contribution in [3.05, 3.63) is 23.8 Å². The SMILES string of the molecule is COc1cc(C(=O)O)ccc1OCC1(CN)CCOCC1. The minimum absolute atomic E-state index is 0.0886. The van der Waals surface area contributed by atoms with E-state index in [1.54, 1.807) is 6.07 Å². The minimum atomic E-state index is -0.997. The van der Waals surface area contributed by atoms with Crippen molar-refractivity contribution in [3.63, 3.8) is 0 Å². The first-order chi connectivity index (χ1) is 10.1. The third-order valence-electron chi connectivity index (χ3n) is 3.93. The van der Waals surface area contributed by atoms with Crippen molar-refractivity contribution >= 4 is 5.97 Å². The lowest BCUT2D eigenvalue weighted by Crippen LogP contribution is -2.41. The predicted molar refractivity (Wildman–Crippen MR) is 77.0 cm³/mol. The fourth-order valence-corrected chi connectivity index (χ4v) is 2.36. The number of hydrogen-bond donors (Lipinski definition) is 2. The largest absolute Gasteiger partial charge is 0.493 e. The van der Waals surface area contributed by atoms with Gasteiger partial charge in [-0.2, -0.15) is 0 Å². The molecule has 0 bridgehead atoms. The van der Waals surface area contributed by atoms with Crippen molar-refractivity contribution in [1.82, 2.24) is 0 Å². The summed E-state index contributed by atoms with van der Waals surface area (Å²) in [6.07, 6.45) is 1.72. The zero-order chi connectivity index (χ0) is 15.3. The van der Waals surface area contributed by atoms with Crippen molar-refractivity contribution in [2.24, 2.45) is 11.1 Å². The molecule has 0 radical (unpaired) electrons. The van der Waals surface area contributed by atoms with Gasteiger partial charge in [-0.25, -0.2) is 4.79 Å². The van der Waals surface area contributed by atoms with Crippen LogP contribution in [0.25, 0.3) is 0 Å². The molecule has 0 unspecified atom stereocenters. The van der Waals surface area contributed by atoms with Crippen molar-refractivity contribution < 1.29 is 24.1 Å². The molecule has 0 atom stereocenters. The van der Waals surface area contributed by atoms with Crippen LogP contribution in [0.1, 0.15) is 23.2 Å². The molecular formula is C15H21NO5. The molecule has 6 heteroatoms. The van der Waals surface area contributed by atoms with Crippen LogP contribution in [0.4, 0.5) is 0 Å². The zero-order valence-corrected chi connectivity index (χ0v) is 12.1. The summed E-state index contributed by atoms with van der Waals surface area (Å²) in [4.78, 5) is 11.0. The molecule has 1 aromatic rings. The second kappa shape index (κ2) is 6.78. The van der Waals surface area contributed by atoms with Crippen LogP contribution in [0.15, 0.2) is 18.2 Å². The molecule has 0 spiro atoms. The fourth-order valence-electron chi connectivity index (χ4n) is 2.36. The van der Waals surface area contributed by atoms with E-state index in [9.17, 15) is 4.79 Å². The molecule has 1 aliphatic heterocycles. The van der Waals surface area contributed by atoms with Gasteiger partial charge in [-0.15, -0.1) is 0 Å². The van der Waals surface area contributed by atoms with Gasteiger partial charge in [0.15, 0.2) is 11.5 Å². The van der Waals surface area contributed by atoms with E-state index in [1.807, 2.05) is 0 Å². The van der Waals surface area contributed by atoms with E-state index < -0.39 is 5.97 Å². The van der Waals surface area contributed by atoms with Crippen LogP contribution in [0.3, 0.4) is 0 Å². The Hall–Kier alpha value is -1.79. The summed E-state index contributed by atoms with van der Waals surface area (Å²) in [5.41, 5.74) is 5.97. The quantitative estimate of drug-likeness (QED) is 0.827. The summed E-state index contributed by atoms with van der Waals surface area (Å²) in [7, 11) is 1.49. The fraction of sp³-hybridized carbons (Fsp3) is 0.533. The second-order valence-corrected chi connectivity index (χ2v) is 5.28. The predicted octanol–water partition coefficient (Wildman–Crippen LogP) is 1.53. The summed E-state index contributed by atoms with van der Waals surface area (Å²) < 4.78 is 16.4. The lowest BCUT2D eigenvalue weighted by atomic mass is 9.81. The Kier molecular flexibility index (Phi) is 5.03. The topological polar surface area (TPSA) is 91.0 Å². The van der Waals surface area contributed by atoms with E-state index >= 15 is 0 Å². The average Bonchev–Trinajstić information content (AvgIpc) is 2.53. The number of benzene rings is 1. The van der Waals surface area contributed by atoms with Crippen LogP contribution in [0.5, 0.6) is 11.5 Å². The monoisotopic (exact) mass is 295 g/mol. The van der Waals surface area contributed by atoms with Crippen LogP contribution in [0, 0.1) is 5.41 Å². The molecule has 21 heavy (non-hydrogen) atoms. The van der Waals surface area contributed by atoms with E-state index in [0.29, 0.717) is 37.9 Å². The van der Waals surface area contributed by atoms with E-state index in [-0.39, 0.29) is 11.0 Å². The highest BCUT2D eigenvalue weighted by Gasteiger charge is 2.32. The van der Waals surface area contributed by atoms with E-state index in [4.69, 9.17) is 25.1 Å². The number of nitrogens with two attached hydrogens (primary N) is 1. The minimum Gasteiger partial charge on any atom is -0.493 e. The summed E-state index contributed by atoms with van der Waals surface area (Å²) in [5, 5.41) is 8.98. The summed E-state index contributed by atoms with van der Waals surface area (Å²) >= 11 is 0. The van der Waals surface area contributed by atoms with E-state index in [0.717, 1.165) is 12.8 Å². The summed E-state index contributed by atoms with van der Waals surface area (Å²) in [6, 6.07) is 4.57. The third-order valence-corrected chi connectivity index (χ3v) is 3.93. The molecule has 1 aromatic carbocycles. The molecule has 0 saturated carbocycles. The average molecular weight is 295 g/mol. The van der Waals surface area contributed by atoms with Crippen LogP contribution < -0.4 is 15.2 Å². The lowest BCUT2D eigenvalue weighted by molar-refractivity contribution is -0.00539.